The normalized spacial score (nSPS) is 19.1. The molecule has 1 aromatic heterocycles. The predicted octanol–water partition coefficient (Wildman–Crippen LogP) is 3.78. The number of hydrogen-bond acceptors (Lipinski definition) is 5. The smallest absolute Gasteiger partial charge is 0.291 e. The average Bonchev–Trinajstić information content (AvgIpc) is 3.49. The molecule has 156 valence electrons. The SMILES string of the molecule is O=C(Nc1cccc(CNC(=O)C23CCC(=O)N2c2ccccc2S3)c1)c1ccco1. The third-order valence-corrected chi connectivity index (χ3v) is 6.89. The molecule has 1 fully saturated rings. The van der Waals surface area contributed by atoms with Crippen molar-refractivity contribution in [2.75, 3.05) is 10.2 Å². The fraction of sp³-hybridized carbons (Fsp3) is 0.174. The van der Waals surface area contributed by atoms with E-state index in [1.165, 1.54) is 18.0 Å². The molecule has 1 atom stereocenters. The second-order valence-corrected chi connectivity index (χ2v) is 8.72. The molecule has 3 heterocycles. The number of furan rings is 1. The summed E-state index contributed by atoms with van der Waals surface area (Å²) in [5.74, 6) is -0.341. The minimum absolute atomic E-state index is 0.0322. The maximum absolute atomic E-state index is 13.2. The van der Waals surface area contributed by atoms with Crippen LogP contribution in [0.5, 0.6) is 0 Å². The third-order valence-electron chi connectivity index (χ3n) is 5.41. The lowest BCUT2D eigenvalue weighted by molar-refractivity contribution is -0.124. The molecular weight excluding hydrogens is 414 g/mol. The molecule has 5 rings (SSSR count). The molecular formula is C23H19N3O4S. The van der Waals surface area contributed by atoms with Gasteiger partial charge >= 0.3 is 0 Å². The molecule has 0 spiro atoms. The van der Waals surface area contributed by atoms with E-state index in [2.05, 4.69) is 10.6 Å². The zero-order valence-electron chi connectivity index (χ0n) is 16.5. The van der Waals surface area contributed by atoms with Crippen LogP contribution in [0.1, 0.15) is 29.0 Å². The van der Waals surface area contributed by atoms with E-state index in [-0.39, 0.29) is 30.0 Å². The van der Waals surface area contributed by atoms with Crippen LogP contribution in [0.3, 0.4) is 0 Å². The molecule has 7 nitrogen and oxygen atoms in total. The summed E-state index contributed by atoms with van der Waals surface area (Å²) in [7, 11) is 0. The van der Waals surface area contributed by atoms with Crippen molar-refractivity contribution in [3.63, 3.8) is 0 Å². The van der Waals surface area contributed by atoms with E-state index in [1.54, 1.807) is 29.2 Å². The topological polar surface area (TPSA) is 91.7 Å². The molecule has 0 radical (unpaired) electrons. The van der Waals surface area contributed by atoms with Crippen LogP contribution in [-0.4, -0.2) is 22.6 Å². The number of carbonyl (C=O) groups is 3. The molecule has 8 heteroatoms. The van der Waals surface area contributed by atoms with Crippen LogP contribution in [0.2, 0.25) is 0 Å². The second kappa shape index (κ2) is 7.63. The molecule has 3 aromatic rings. The molecule has 2 aliphatic heterocycles. The Morgan fingerprint density at radius 3 is 2.81 bits per heavy atom. The van der Waals surface area contributed by atoms with E-state index in [0.29, 0.717) is 18.5 Å². The minimum atomic E-state index is -0.939. The molecule has 3 amide bonds. The monoisotopic (exact) mass is 433 g/mol. The summed E-state index contributed by atoms with van der Waals surface area (Å²) in [4.78, 5) is 39.6. The fourth-order valence-corrected chi connectivity index (χ4v) is 5.41. The first-order valence-electron chi connectivity index (χ1n) is 9.90. The highest BCUT2D eigenvalue weighted by Crippen LogP contribution is 2.55. The summed E-state index contributed by atoms with van der Waals surface area (Å²) in [5.41, 5.74) is 2.23. The van der Waals surface area contributed by atoms with Gasteiger partial charge in [0, 0.05) is 23.5 Å². The van der Waals surface area contributed by atoms with Crippen LogP contribution >= 0.6 is 11.8 Å². The van der Waals surface area contributed by atoms with Crippen LogP contribution in [0.25, 0.3) is 0 Å². The predicted molar refractivity (Wildman–Crippen MR) is 117 cm³/mol. The van der Waals surface area contributed by atoms with Crippen LogP contribution in [0, 0.1) is 0 Å². The van der Waals surface area contributed by atoms with E-state index in [9.17, 15) is 14.4 Å². The molecule has 31 heavy (non-hydrogen) atoms. The summed E-state index contributed by atoms with van der Waals surface area (Å²) in [6.45, 7) is 0.282. The van der Waals surface area contributed by atoms with Crippen molar-refractivity contribution in [3.05, 3.63) is 78.3 Å². The van der Waals surface area contributed by atoms with Crippen LogP contribution in [0.4, 0.5) is 11.4 Å². The van der Waals surface area contributed by atoms with E-state index in [0.717, 1.165) is 16.1 Å². The zero-order valence-corrected chi connectivity index (χ0v) is 17.3. The maximum atomic E-state index is 13.2. The number of nitrogens with one attached hydrogen (secondary N) is 2. The standard InChI is InChI=1S/C23H19N3O4S/c27-20-10-11-23(26(20)17-7-1-2-9-19(17)31-23)22(29)24-14-15-5-3-6-16(13-15)25-21(28)18-8-4-12-30-18/h1-9,12-13H,10-11,14H2,(H,24,29)(H,25,28). The van der Waals surface area contributed by atoms with Crippen molar-refractivity contribution in [1.82, 2.24) is 5.32 Å². The number of benzene rings is 2. The zero-order chi connectivity index (χ0) is 21.4. The number of thioether (sulfide) groups is 1. The highest BCUT2D eigenvalue weighted by molar-refractivity contribution is 8.02. The van der Waals surface area contributed by atoms with Gasteiger partial charge < -0.3 is 15.1 Å². The first-order chi connectivity index (χ1) is 15.1. The lowest BCUT2D eigenvalue weighted by Crippen LogP contribution is -2.52. The Bertz CT molecular complexity index is 1180. The van der Waals surface area contributed by atoms with E-state index in [1.807, 2.05) is 36.4 Å². The molecule has 2 N–H and O–H groups in total. The van der Waals surface area contributed by atoms with Gasteiger partial charge in [0.25, 0.3) is 11.8 Å². The van der Waals surface area contributed by atoms with Gasteiger partial charge in [0.05, 0.1) is 12.0 Å². The highest BCUT2D eigenvalue weighted by atomic mass is 32.2. The van der Waals surface area contributed by atoms with Gasteiger partial charge in [-0.2, -0.15) is 0 Å². The lowest BCUT2D eigenvalue weighted by Gasteiger charge is -2.29. The van der Waals surface area contributed by atoms with Crippen molar-refractivity contribution in [3.8, 4) is 0 Å². The maximum Gasteiger partial charge on any atom is 0.291 e. The Balaban J connectivity index is 1.29. The van der Waals surface area contributed by atoms with Crippen LogP contribution < -0.4 is 15.5 Å². The Kier molecular flexibility index (Phi) is 4.78. The first-order valence-corrected chi connectivity index (χ1v) is 10.7. The van der Waals surface area contributed by atoms with Crippen LogP contribution in [-0.2, 0) is 16.1 Å². The number of carbonyl (C=O) groups excluding carboxylic acids is 3. The number of para-hydroxylation sites is 1. The summed E-state index contributed by atoms with van der Waals surface area (Å²) in [6, 6.07) is 18.1. The third kappa shape index (κ3) is 3.38. The van der Waals surface area contributed by atoms with Gasteiger partial charge in [0.15, 0.2) is 10.6 Å². The minimum Gasteiger partial charge on any atom is -0.459 e. The second-order valence-electron chi connectivity index (χ2n) is 7.40. The van der Waals surface area contributed by atoms with E-state index in [4.69, 9.17) is 4.42 Å². The molecule has 0 saturated carbocycles. The van der Waals surface area contributed by atoms with Gasteiger partial charge in [0.2, 0.25) is 5.91 Å². The molecule has 1 unspecified atom stereocenters. The quantitative estimate of drug-likeness (QED) is 0.639. The summed E-state index contributed by atoms with van der Waals surface area (Å²) >= 11 is 1.44. The van der Waals surface area contributed by atoms with Crippen molar-refractivity contribution in [2.45, 2.75) is 29.2 Å². The van der Waals surface area contributed by atoms with Gasteiger partial charge in [-0.15, -0.1) is 0 Å². The van der Waals surface area contributed by atoms with Gasteiger partial charge in [-0.3, -0.25) is 19.3 Å². The lowest BCUT2D eigenvalue weighted by atomic mass is 10.1. The Morgan fingerprint density at radius 2 is 1.97 bits per heavy atom. The Labute approximate surface area is 182 Å². The van der Waals surface area contributed by atoms with Crippen molar-refractivity contribution >= 4 is 40.9 Å². The van der Waals surface area contributed by atoms with Crippen LogP contribution in [0.15, 0.2) is 76.2 Å². The number of nitrogens with zero attached hydrogens (tertiary/aromatic N) is 1. The Hall–Kier alpha value is -3.52. The van der Waals surface area contributed by atoms with E-state index < -0.39 is 4.87 Å². The largest absolute Gasteiger partial charge is 0.459 e. The Morgan fingerprint density at radius 1 is 1.10 bits per heavy atom. The summed E-state index contributed by atoms with van der Waals surface area (Å²) in [6.07, 6.45) is 2.26. The van der Waals surface area contributed by atoms with E-state index >= 15 is 0 Å². The fourth-order valence-electron chi connectivity index (χ4n) is 3.98. The number of amides is 3. The molecule has 2 aromatic carbocycles. The number of hydrogen-bond donors (Lipinski definition) is 2. The van der Waals surface area contributed by atoms with Gasteiger partial charge in [-0.1, -0.05) is 36.0 Å². The van der Waals surface area contributed by atoms with Crippen molar-refractivity contribution in [2.24, 2.45) is 0 Å². The summed E-state index contributed by atoms with van der Waals surface area (Å²) in [5, 5.41) is 5.76. The number of fused-ring (bicyclic) bond motifs is 3. The first kappa shape index (κ1) is 19.4. The van der Waals surface area contributed by atoms with Crippen molar-refractivity contribution < 1.29 is 18.8 Å². The molecule has 2 aliphatic rings. The molecule has 1 saturated heterocycles. The van der Waals surface area contributed by atoms with Gasteiger partial charge in [0.1, 0.15) is 0 Å². The summed E-state index contributed by atoms with van der Waals surface area (Å²) < 4.78 is 5.10. The highest BCUT2D eigenvalue weighted by Gasteiger charge is 2.57. The average molecular weight is 433 g/mol. The molecule has 0 bridgehead atoms. The van der Waals surface area contributed by atoms with Gasteiger partial charge in [-0.25, -0.2) is 0 Å². The number of rotatable bonds is 5. The number of anilines is 2. The van der Waals surface area contributed by atoms with Gasteiger partial charge in [-0.05, 0) is 48.4 Å². The molecule has 0 aliphatic carbocycles. The van der Waals surface area contributed by atoms with Crippen molar-refractivity contribution in [1.29, 1.82) is 0 Å².